The van der Waals surface area contributed by atoms with Crippen molar-refractivity contribution in [2.45, 2.75) is 89.8 Å². The first-order valence-electron chi connectivity index (χ1n) is 14.3. The number of carbonyl (C=O) groups is 2. The van der Waals surface area contributed by atoms with Crippen molar-refractivity contribution in [3.8, 4) is 17.2 Å². The molecule has 4 rings (SSSR count). The summed E-state index contributed by atoms with van der Waals surface area (Å²) in [5, 5.41) is 4.32. The van der Waals surface area contributed by atoms with E-state index in [0.29, 0.717) is 30.2 Å². The number of methoxy groups -OCH3 is 3. The Morgan fingerprint density at radius 2 is 1.67 bits per heavy atom. The number of aryl methyl sites for hydroxylation is 1. The minimum atomic E-state index is -0.593. The zero-order valence-electron chi connectivity index (χ0n) is 23.8. The van der Waals surface area contributed by atoms with E-state index in [1.54, 1.807) is 32.4 Å². The number of aromatic nitrogens is 2. The van der Waals surface area contributed by atoms with E-state index in [9.17, 15) is 9.59 Å². The van der Waals surface area contributed by atoms with Crippen LogP contribution in [0.3, 0.4) is 0 Å². The first-order chi connectivity index (χ1) is 19.0. The van der Waals surface area contributed by atoms with Crippen molar-refractivity contribution in [2.75, 3.05) is 27.9 Å². The lowest BCUT2D eigenvalue weighted by Gasteiger charge is -2.39. The van der Waals surface area contributed by atoms with Gasteiger partial charge in [-0.25, -0.2) is 4.79 Å². The third-order valence-electron chi connectivity index (χ3n) is 8.01. The van der Waals surface area contributed by atoms with E-state index in [1.165, 1.54) is 6.42 Å². The van der Waals surface area contributed by atoms with Gasteiger partial charge in [-0.1, -0.05) is 26.2 Å². The van der Waals surface area contributed by atoms with Crippen molar-refractivity contribution >= 4 is 11.9 Å². The molecule has 2 atom stereocenters. The number of benzene rings is 1. The number of hydrogen-bond acceptors (Lipinski definition) is 7. The first-order valence-corrected chi connectivity index (χ1v) is 14.3. The van der Waals surface area contributed by atoms with Crippen molar-refractivity contribution in [3.63, 3.8) is 0 Å². The SMILES string of the molecule is CCCn1cc(COC(=O)[C@@H]2CCCCN2C(=O)[C@H](c2cc(OC)c(OC)c(OC)c2)C2CCCCC2)cn1. The summed E-state index contributed by atoms with van der Waals surface area (Å²) in [6.07, 6.45) is 12.3. The number of amides is 1. The van der Waals surface area contributed by atoms with Crippen LogP contribution in [0.25, 0.3) is 0 Å². The topological polar surface area (TPSA) is 92.1 Å². The molecule has 0 N–H and O–H groups in total. The molecule has 9 heteroatoms. The van der Waals surface area contributed by atoms with Crippen LogP contribution in [0.4, 0.5) is 0 Å². The molecule has 0 bridgehead atoms. The van der Waals surface area contributed by atoms with Gasteiger partial charge in [0.25, 0.3) is 0 Å². The van der Waals surface area contributed by atoms with Crippen LogP contribution in [-0.2, 0) is 27.5 Å². The quantitative estimate of drug-likeness (QED) is 0.365. The molecule has 2 fully saturated rings. The van der Waals surface area contributed by atoms with Crippen LogP contribution in [0.5, 0.6) is 17.2 Å². The second kappa shape index (κ2) is 13.7. The molecule has 39 heavy (non-hydrogen) atoms. The Labute approximate surface area is 231 Å². The summed E-state index contributed by atoms with van der Waals surface area (Å²) in [6, 6.07) is 3.19. The summed E-state index contributed by atoms with van der Waals surface area (Å²) >= 11 is 0. The Morgan fingerprint density at radius 3 is 2.31 bits per heavy atom. The standard InChI is InChI=1S/C30H43N3O6/c1-5-14-32-19-21(18-31-32)20-39-30(35)24-13-9-10-15-33(24)29(34)27(22-11-7-6-8-12-22)23-16-25(36-2)28(38-4)26(17-23)37-3/h16-19,22,24,27H,5-15,20H2,1-4H3/t24-,27-/m0/s1. The molecule has 1 aromatic heterocycles. The summed E-state index contributed by atoms with van der Waals surface area (Å²) in [7, 11) is 4.74. The number of nitrogens with zero attached hydrogens (tertiary/aromatic N) is 3. The fourth-order valence-electron chi connectivity index (χ4n) is 6.07. The molecule has 1 saturated carbocycles. The molecular weight excluding hydrogens is 498 g/mol. The highest BCUT2D eigenvalue weighted by atomic mass is 16.5. The maximum Gasteiger partial charge on any atom is 0.329 e. The molecule has 1 saturated heterocycles. The smallest absolute Gasteiger partial charge is 0.329 e. The highest BCUT2D eigenvalue weighted by molar-refractivity contribution is 5.89. The van der Waals surface area contributed by atoms with Crippen molar-refractivity contribution in [1.82, 2.24) is 14.7 Å². The summed E-state index contributed by atoms with van der Waals surface area (Å²) in [6.45, 7) is 3.61. The number of rotatable bonds is 11. The van der Waals surface area contributed by atoms with Crippen LogP contribution in [0, 0.1) is 5.92 Å². The van der Waals surface area contributed by atoms with Crippen LogP contribution < -0.4 is 14.2 Å². The monoisotopic (exact) mass is 541 g/mol. The van der Waals surface area contributed by atoms with Gasteiger partial charge in [0, 0.05) is 24.8 Å². The average molecular weight is 542 g/mol. The Kier molecular flexibility index (Phi) is 10.1. The molecule has 214 valence electrons. The number of piperidine rings is 1. The fourth-order valence-corrected chi connectivity index (χ4v) is 6.07. The van der Waals surface area contributed by atoms with Gasteiger partial charge >= 0.3 is 5.97 Å². The average Bonchev–Trinajstić information content (AvgIpc) is 3.43. The number of esters is 1. The molecule has 1 aromatic carbocycles. The van der Waals surface area contributed by atoms with E-state index >= 15 is 0 Å². The number of hydrogen-bond donors (Lipinski definition) is 0. The molecule has 9 nitrogen and oxygen atoms in total. The normalized spacial score (nSPS) is 18.9. The summed E-state index contributed by atoms with van der Waals surface area (Å²) in [5.41, 5.74) is 1.69. The van der Waals surface area contributed by atoms with Crippen molar-refractivity contribution in [1.29, 1.82) is 0 Å². The van der Waals surface area contributed by atoms with Crippen LogP contribution in [0.2, 0.25) is 0 Å². The van der Waals surface area contributed by atoms with Gasteiger partial charge in [-0.3, -0.25) is 9.48 Å². The Bertz CT molecular complexity index is 1080. The lowest BCUT2D eigenvalue weighted by Crippen LogP contribution is -2.51. The minimum Gasteiger partial charge on any atom is -0.493 e. The lowest BCUT2D eigenvalue weighted by molar-refractivity contribution is -0.159. The van der Waals surface area contributed by atoms with E-state index in [0.717, 1.165) is 62.6 Å². The Balaban J connectivity index is 1.59. The predicted octanol–water partition coefficient (Wildman–Crippen LogP) is 5.11. The molecule has 1 aliphatic heterocycles. The van der Waals surface area contributed by atoms with Gasteiger partial charge in [-0.2, -0.15) is 5.10 Å². The third-order valence-corrected chi connectivity index (χ3v) is 8.01. The van der Waals surface area contributed by atoms with Crippen LogP contribution in [0.1, 0.15) is 81.8 Å². The highest BCUT2D eigenvalue weighted by Crippen LogP contribution is 2.45. The van der Waals surface area contributed by atoms with Crippen LogP contribution >= 0.6 is 0 Å². The van der Waals surface area contributed by atoms with E-state index in [4.69, 9.17) is 18.9 Å². The van der Waals surface area contributed by atoms with Crippen LogP contribution in [0.15, 0.2) is 24.5 Å². The van der Waals surface area contributed by atoms with Gasteiger partial charge < -0.3 is 23.8 Å². The summed E-state index contributed by atoms with van der Waals surface area (Å²) < 4.78 is 24.4. The van der Waals surface area contributed by atoms with E-state index in [1.807, 2.05) is 23.0 Å². The molecule has 2 aliphatic rings. The maximum atomic E-state index is 14.4. The molecule has 2 aromatic rings. The molecule has 1 amide bonds. The van der Waals surface area contributed by atoms with E-state index < -0.39 is 12.0 Å². The van der Waals surface area contributed by atoms with Crippen molar-refractivity contribution in [3.05, 3.63) is 35.7 Å². The van der Waals surface area contributed by atoms with E-state index in [-0.39, 0.29) is 24.4 Å². The first kappa shape index (κ1) is 28.8. The van der Waals surface area contributed by atoms with Gasteiger partial charge in [0.2, 0.25) is 11.7 Å². The minimum absolute atomic E-state index is 0.0198. The number of ether oxygens (including phenoxy) is 4. The molecule has 0 unspecified atom stereocenters. The molecule has 2 heterocycles. The Morgan fingerprint density at radius 1 is 0.974 bits per heavy atom. The second-order valence-electron chi connectivity index (χ2n) is 10.6. The molecular formula is C30H43N3O6. The number of carbonyl (C=O) groups excluding carboxylic acids is 2. The lowest BCUT2D eigenvalue weighted by atomic mass is 9.75. The zero-order chi connectivity index (χ0) is 27.8. The van der Waals surface area contributed by atoms with Gasteiger partial charge in [0.1, 0.15) is 12.6 Å². The van der Waals surface area contributed by atoms with Gasteiger partial charge in [0.15, 0.2) is 11.5 Å². The largest absolute Gasteiger partial charge is 0.493 e. The number of likely N-dealkylation sites (tertiary alicyclic amines) is 1. The summed E-state index contributed by atoms with van der Waals surface area (Å²) in [5.74, 6) is 0.960. The Hall–Kier alpha value is -3.23. The van der Waals surface area contributed by atoms with Gasteiger partial charge in [-0.05, 0) is 62.1 Å². The summed E-state index contributed by atoms with van der Waals surface area (Å²) in [4.78, 5) is 29.5. The third kappa shape index (κ3) is 6.68. The van der Waals surface area contributed by atoms with Gasteiger partial charge in [0.05, 0.1) is 33.4 Å². The highest BCUT2D eigenvalue weighted by Gasteiger charge is 2.40. The molecule has 1 aliphatic carbocycles. The maximum absolute atomic E-state index is 14.4. The second-order valence-corrected chi connectivity index (χ2v) is 10.6. The zero-order valence-corrected chi connectivity index (χ0v) is 23.8. The fraction of sp³-hybridized carbons (Fsp3) is 0.633. The van der Waals surface area contributed by atoms with Gasteiger partial charge in [-0.15, -0.1) is 0 Å². The van der Waals surface area contributed by atoms with E-state index in [2.05, 4.69) is 12.0 Å². The van der Waals surface area contributed by atoms with Crippen molar-refractivity contribution < 1.29 is 28.5 Å². The molecule has 0 radical (unpaired) electrons. The van der Waals surface area contributed by atoms with Crippen LogP contribution in [-0.4, -0.2) is 60.5 Å². The predicted molar refractivity (Wildman–Crippen MR) is 147 cm³/mol. The molecule has 0 spiro atoms. The van der Waals surface area contributed by atoms with Crippen molar-refractivity contribution in [2.24, 2.45) is 5.92 Å².